The summed E-state index contributed by atoms with van der Waals surface area (Å²) in [5.74, 6) is 0. The van der Waals surface area contributed by atoms with Crippen molar-refractivity contribution < 1.29 is 0 Å². The summed E-state index contributed by atoms with van der Waals surface area (Å²) >= 11 is 3.66. The normalized spacial score (nSPS) is 17.2. The first-order valence-corrected chi connectivity index (χ1v) is 6.74. The largest absolute Gasteiger partial charge is 0.368 e. The first kappa shape index (κ1) is 11.9. The molecule has 1 fully saturated rings. The number of halogens is 1. The maximum Gasteiger partial charge on any atom is 0.0513 e. The van der Waals surface area contributed by atoms with Gasteiger partial charge in [-0.2, -0.15) is 0 Å². The highest BCUT2D eigenvalue weighted by molar-refractivity contribution is 9.10. The quantitative estimate of drug-likeness (QED) is 0.917. The molecule has 1 aliphatic carbocycles. The van der Waals surface area contributed by atoms with Crippen molar-refractivity contribution in [2.45, 2.75) is 38.8 Å². The number of nitrogens with zero attached hydrogens (tertiary/aromatic N) is 1. The molecule has 0 radical (unpaired) electrons. The van der Waals surface area contributed by atoms with E-state index in [1.54, 1.807) is 0 Å². The Morgan fingerprint density at radius 3 is 2.62 bits per heavy atom. The Morgan fingerprint density at radius 1 is 1.50 bits per heavy atom. The average Bonchev–Trinajstić information content (AvgIpc) is 3.05. The SMILES string of the molecule is CCN(c1ccc(C(C)N)cc1Br)C1CC1. The van der Waals surface area contributed by atoms with E-state index in [-0.39, 0.29) is 6.04 Å². The molecule has 0 aromatic heterocycles. The van der Waals surface area contributed by atoms with E-state index in [4.69, 9.17) is 5.73 Å². The van der Waals surface area contributed by atoms with Gasteiger partial charge < -0.3 is 10.6 Å². The average molecular weight is 283 g/mol. The van der Waals surface area contributed by atoms with Crippen LogP contribution in [0.3, 0.4) is 0 Å². The van der Waals surface area contributed by atoms with Crippen molar-refractivity contribution in [1.82, 2.24) is 0 Å². The molecule has 2 rings (SSSR count). The molecular formula is C13H19BrN2. The molecule has 1 aromatic rings. The zero-order valence-corrected chi connectivity index (χ0v) is 11.5. The molecule has 0 bridgehead atoms. The Hall–Kier alpha value is -0.540. The lowest BCUT2D eigenvalue weighted by molar-refractivity contribution is 0.806. The van der Waals surface area contributed by atoms with Crippen LogP contribution in [0.15, 0.2) is 22.7 Å². The van der Waals surface area contributed by atoms with Crippen LogP contribution in [0.4, 0.5) is 5.69 Å². The fourth-order valence-electron chi connectivity index (χ4n) is 2.05. The second kappa shape index (κ2) is 4.76. The highest BCUT2D eigenvalue weighted by atomic mass is 79.9. The molecule has 0 saturated heterocycles. The van der Waals surface area contributed by atoms with Crippen molar-refractivity contribution in [1.29, 1.82) is 0 Å². The van der Waals surface area contributed by atoms with E-state index in [1.807, 2.05) is 6.92 Å². The van der Waals surface area contributed by atoms with Crippen LogP contribution in [0.5, 0.6) is 0 Å². The number of hydrogen-bond acceptors (Lipinski definition) is 2. The third-order valence-corrected chi connectivity index (χ3v) is 3.77. The van der Waals surface area contributed by atoms with Crippen molar-refractivity contribution >= 4 is 21.6 Å². The Bertz CT molecular complexity index is 372. The fourth-order valence-corrected chi connectivity index (χ4v) is 2.68. The number of benzene rings is 1. The van der Waals surface area contributed by atoms with Crippen LogP contribution in [-0.4, -0.2) is 12.6 Å². The summed E-state index contributed by atoms with van der Waals surface area (Å²) in [5, 5.41) is 0. The molecule has 1 unspecified atom stereocenters. The van der Waals surface area contributed by atoms with Crippen LogP contribution in [0.25, 0.3) is 0 Å². The second-order valence-corrected chi connectivity index (χ2v) is 5.37. The first-order chi connectivity index (χ1) is 7.63. The Kier molecular flexibility index (Phi) is 3.55. The predicted octanol–water partition coefficient (Wildman–Crippen LogP) is 3.46. The third-order valence-electron chi connectivity index (χ3n) is 3.14. The lowest BCUT2D eigenvalue weighted by Gasteiger charge is -2.24. The van der Waals surface area contributed by atoms with Crippen molar-refractivity contribution in [3.8, 4) is 0 Å². The standard InChI is InChI=1S/C13H19BrN2/c1-3-16(11-5-6-11)13-7-4-10(9(2)15)8-12(13)14/h4,7-9,11H,3,5-6,15H2,1-2H3. The van der Waals surface area contributed by atoms with Crippen LogP contribution >= 0.6 is 15.9 Å². The van der Waals surface area contributed by atoms with E-state index in [1.165, 1.54) is 24.1 Å². The van der Waals surface area contributed by atoms with E-state index >= 15 is 0 Å². The van der Waals surface area contributed by atoms with Gasteiger partial charge in [-0.3, -0.25) is 0 Å². The molecule has 88 valence electrons. The van der Waals surface area contributed by atoms with Gasteiger partial charge in [-0.15, -0.1) is 0 Å². The first-order valence-electron chi connectivity index (χ1n) is 5.95. The van der Waals surface area contributed by atoms with Gasteiger partial charge in [0.05, 0.1) is 5.69 Å². The summed E-state index contributed by atoms with van der Waals surface area (Å²) in [6, 6.07) is 7.31. The smallest absolute Gasteiger partial charge is 0.0513 e. The number of anilines is 1. The second-order valence-electron chi connectivity index (χ2n) is 4.52. The molecule has 16 heavy (non-hydrogen) atoms. The van der Waals surface area contributed by atoms with Gasteiger partial charge in [0.25, 0.3) is 0 Å². The van der Waals surface area contributed by atoms with Crippen molar-refractivity contribution in [3.05, 3.63) is 28.2 Å². The molecule has 0 spiro atoms. The number of hydrogen-bond donors (Lipinski definition) is 1. The zero-order chi connectivity index (χ0) is 11.7. The van der Waals surface area contributed by atoms with Crippen LogP contribution in [0, 0.1) is 0 Å². The molecule has 3 heteroatoms. The Labute approximate surface area is 106 Å². The highest BCUT2D eigenvalue weighted by Crippen LogP contribution is 2.36. The molecule has 1 saturated carbocycles. The Balaban J connectivity index is 2.27. The van der Waals surface area contributed by atoms with E-state index in [0.717, 1.165) is 17.1 Å². The van der Waals surface area contributed by atoms with Gasteiger partial charge in [-0.1, -0.05) is 6.07 Å². The van der Waals surface area contributed by atoms with Gasteiger partial charge in [0, 0.05) is 23.1 Å². The highest BCUT2D eigenvalue weighted by Gasteiger charge is 2.29. The minimum atomic E-state index is 0.0985. The minimum Gasteiger partial charge on any atom is -0.368 e. The van der Waals surface area contributed by atoms with Gasteiger partial charge in [-0.05, 0) is 60.3 Å². The van der Waals surface area contributed by atoms with Crippen LogP contribution in [-0.2, 0) is 0 Å². The lowest BCUT2D eigenvalue weighted by Crippen LogP contribution is -2.25. The molecular weight excluding hydrogens is 264 g/mol. The van der Waals surface area contributed by atoms with E-state index in [0.29, 0.717) is 0 Å². The van der Waals surface area contributed by atoms with Crippen LogP contribution in [0.1, 0.15) is 38.3 Å². The van der Waals surface area contributed by atoms with Crippen LogP contribution < -0.4 is 10.6 Å². The summed E-state index contributed by atoms with van der Waals surface area (Å²) in [4.78, 5) is 2.47. The summed E-state index contributed by atoms with van der Waals surface area (Å²) in [6.07, 6.45) is 2.66. The summed E-state index contributed by atoms with van der Waals surface area (Å²) in [6.45, 7) is 5.30. The minimum absolute atomic E-state index is 0.0985. The third kappa shape index (κ3) is 2.41. The van der Waals surface area contributed by atoms with E-state index < -0.39 is 0 Å². The molecule has 0 aliphatic heterocycles. The maximum atomic E-state index is 5.88. The van der Waals surface area contributed by atoms with Gasteiger partial charge in [0.2, 0.25) is 0 Å². The van der Waals surface area contributed by atoms with Gasteiger partial charge in [0.1, 0.15) is 0 Å². The Morgan fingerprint density at radius 2 is 2.19 bits per heavy atom. The molecule has 2 nitrogen and oxygen atoms in total. The molecule has 0 amide bonds. The predicted molar refractivity (Wildman–Crippen MR) is 72.8 cm³/mol. The van der Waals surface area contributed by atoms with Gasteiger partial charge >= 0.3 is 0 Å². The number of nitrogens with two attached hydrogens (primary N) is 1. The zero-order valence-electron chi connectivity index (χ0n) is 9.91. The van der Waals surface area contributed by atoms with E-state index in [2.05, 4.69) is 46.0 Å². The van der Waals surface area contributed by atoms with Crippen molar-refractivity contribution in [2.24, 2.45) is 5.73 Å². The summed E-state index contributed by atoms with van der Waals surface area (Å²) in [5.41, 5.74) is 8.36. The maximum absolute atomic E-state index is 5.88. The molecule has 1 atom stereocenters. The lowest BCUT2D eigenvalue weighted by atomic mass is 10.1. The molecule has 0 heterocycles. The number of rotatable bonds is 4. The monoisotopic (exact) mass is 282 g/mol. The molecule has 1 aliphatic rings. The van der Waals surface area contributed by atoms with Crippen molar-refractivity contribution in [2.75, 3.05) is 11.4 Å². The van der Waals surface area contributed by atoms with Crippen molar-refractivity contribution in [3.63, 3.8) is 0 Å². The van der Waals surface area contributed by atoms with E-state index in [9.17, 15) is 0 Å². The van der Waals surface area contributed by atoms with Gasteiger partial charge in [-0.25, -0.2) is 0 Å². The van der Waals surface area contributed by atoms with Gasteiger partial charge in [0.15, 0.2) is 0 Å². The molecule has 2 N–H and O–H groups in total. The topological polar surface area (TPSA) is 29.3 Å². The fraction of sp³-hybridized carbons (Fsp3) is 0.538. The summed E-state index contributed by atoms with van der Waals surface area (Å²) in [7, 11) is 0. The molecule has 1 aromatic carbocycles. The van der Waals surface area contributed by atoms with Crippen LogP contribution in [0.2, 0.25) is 0 Å². The summed E-state index contributed by atoms with van der Waals surface area (Å²) < 4.78 is 1.16.